The van der Waals surface area contributed by atoms with Gasteiger partial charge in [0.1, 0.15) is 0 Å². The number of H-pyrrole nitrogens is 1. The Balaban J connectivity index is 1.53. The monoisotopic (exact) mass is 445 g/mol. The molecule has 3 aromatic rings. The summed E-state index contributed by atoms with van der Waals surface area (Å²) in [5.74, 6) is -0.683. The molecule has 0 bridgehead atoms. The molecule has 1 aliphatic rings. The van der Waals surface area contributed by atoms with Gasteiger partial charge in [0.05, 0.1) is 10.8 Å². The highest BCUT2D eigenvalue weighted by Gasteiger charge is 2.33. The molecule has 1 atom stereocenters. The van der Waals surface area contributed by atoms with Crippen LogP contribution < -0.4 is 10.9 Å². The quantitative estimate of drug-likeness (QED) is 0.644. The summed E-state index contributed by atoms with van der Waals surface area (Å²) in [6.07, 6.45) is 1.20. The number of fused-ring (bicyclic) bond motifs is 1. The number of benzene rings is 2. The summed E-state index contributed by atoms with van der Waals surface area (Å²) < 4.78 is 27.7. The van der Waals surface area contributed by atoms with E-state index < -0.39 is 15.9 Å². The van der Waals surface area contributed by atoms with Crippen molar-refractivity contribution in [3.63, 3.8) is 0 Å². The molecule has 1 aromatic heterocycles. The van der Waals surface area contributed by atoms with Crippen LogP contribution in [0.4, 0.5) is 5.69 Å². The second-order valence-corrected chi connectivity index (χ2v) is 9.65. The molecule has 1 amide bonds. The van der Waals surface area contributed by atoms with Gasteiger partial charge in [-0.15, -0.1) is 0 Å². The normalized spacial score (nSPS) is 17.7. The average Bonchev–Trinajstić information content (AvgIpc) is 2.73. The first-order valence-corrected chi connectivity index (χ1v) is 11.3. The van der Waals surface area contributed by atoms with Crippen molar-refractivity contribution in [2.45, 2.75) is 17.7 Å². The zero-order valence-corrected chi connectivity index (χ0v) is 17.5. The Labute approximate surface area is 178 Å². The number of aromatic amines is 1. The Morgan fingerprint density at radius 2 is 1.97 bits per heavy atom. The molecule has 156 valence electrons. The maximum Gasteiger partial charge on any atom is 0.248 e. The van der Waals surface area contributed by atoms with Gasteiger partial charge in [-0.1, -0.05) is 17.7 Å². The van der Waals surface area contributed by atoms with Crippen LogP contribution in [0.5, 0.6) is 0 Å². The van der Waals surface area contributed by atoms with Gasteiger partial charge in [-0.3, -0.25) is 9.59 Å². The molecule has 2 N–H and O–H groups in total. The molecule has 1 saturated heterocycles. The van der Waals surface area contributed by atoms with E-state index in [0.29, 0.717) is 41.0 Å². The van der Waals surface area contributed by atoms with E-state index >= 15 is 0 Å². The van der Waals surface area contributed by atoms with Gasteiger partial charge in [0, 0.05) is 35.4 Å². The standard InChI is InChI=1S/C21H20ClN3O4S/c22-16-4-1-5-17(12-16)23-21(27)15-3-2-10-25(13-15)30(28,29)18-7-8-19-14(11-18)6-9-20(26)24-19/h1,4-9,11-12,15H,2-3,10,13H2,(H,23,27)(H,24,26). The molecule has 7 nitrogen and oxygen atoms in total. The smallest absolute Gasteiger partial charge is 0.248 e. The average molecular weight is 446 g/mol. The van der Waals surface area contributed by atoms with E-state index in [1.807, 2.05) is 0 Å². The number of hydrogen-bond donors (Lipinski definition) is 2. The summed E-state index contributed by atoms with van der Waals surface area (Å²) in [6, 6.07) is 14.4. The Kier molecular flexibility index (Phi) is 5.64. The van der Waals surface area contributed by atoms with Crippen LogP contribution in [0.2, 0.25) is 5.02 Å². The van der Waals surface area contributed by atoms with Gasteiger partial charge in [-0.2, -0.15) is 4.31 Å². The number of nitrogens with zero attached hydrogens (tertiary/aromatic N) is 1. The molecular weight excluding hydrogens is 426 g/mol. The highest BCUT2D eigenvalue weighted by molar-refractivity contribution is 7.89. The third-order valence-electron chi connectivity index (χ3n) is 5.18. The number of nitrogens with one attached hydrogen (secondary N) is 2. The van der Waals surface area contributed by atoms with Crippen LogP contribution in [-0.2, 0) is 14.8 Å². The van der Waals surface area contributed by atoms with Gasteiger partial charge >= 0.3 is 0 Å². The number of amides is 1. The van der Waals surface area contributed by atoms with Crippen LogP contribution >= 0.6 is 11.6 Å². The molecule has 30 heavy (non-hydrogen) atoms. The minimum Gasteiger partial charge on any atom is -0.326 e. The van der Waals surface area contributed by atoms with Crippen molar-refractivity contribution >= 4 is 44.1 Å². The number of rotatable bonds is 4. The first-order valence-electron chi connectivity index (χ1n) is 9.52. The SMILES string of the molecule is O=C(Nc1cccc(Cl)c1)C1CCCN(S(=O)(=O)c2ccc3[nH]c(=O)ccc3c2)C1. The molecule has 9 heteroatoms. The highest BCUT2D eigenvalue weighted by Crippen LogP contribution is 2.26. The van der Waals surface area contributed by atoms with Crippen LogP contribution in [0.15, 0.2) is 64.3 Å². The molecular formula is C21H20ClN3O4S. The topological polar surface area (TPSA) is 99.3 Å². The Morgan fingerprint density at radius 3 is 2.77 bits per heavy atom. The molecule has 0 spiro atoms. The fourth-order valence-electron chi connectivity index (χ4n) is 3.63. The minimum atomic E-state index is -3.77. The minimum absolute atomic E-state index is 0.110. The summed E-state index contributed by atoms with van der Waals surface area (Å²) in [6.45, 7) is 0.464. The second-order valence-electron chi connectivity index (χ2n) is 7.27. The maximum atomic E-state index is 13.2. The maximum absolute atomic E-state index is 13.2. The molecule has 0 aliphatic carbocycles. The van der Waals surface area contributed by atoms with E-state index in [9.17, 15) is 18.0 Å². The van der Waals surface area contributed by atoms with Crippen LogP contribution in [-0.4, -0.2) is 36.7 Å². The summed E-state index contributed by atoms with van der Waals surface area (Å²) in [5, 5.41) is 3.96. The number of hydrogen-bond acceptors (Lipinski definition) is 4. The summed E-state index contributed by atoms with van der Waals surface area (Å²) in [5.41, 5.74) is 0.901. The number of aromatic nitrogens is 1. The van der Waals surface area contributed by atoms with Crippen LogP contribution in [0.25, 0.3) is 10.9 Å². The summed E-state index contributed by atoms with van der Waals surface area (Å²) >= 11 is 5.96. The highest BCUT2D eigenvalue weighted by atomic mass is 35.5. The van der Waals surface area contributed by atoms with Gasteiger partial charge in [-0.25, -0.2) is 8.42 Å². The summed E-state index contributed by atoms with van der Waals surface area (Å²) in [4.78, 5) is 26.9. The van der Waals surface area contributed by atoms with E-state index in [4.69, 9.17) is 11.6 Å². The Bertz CT molecular complexity index is 1270. The second kappa shape index (κ2) is 8.22. The van der Waals surface area contributed by atoms with Gasteiger partial charge in [0.15, 0.2) is 0 Å². The van der Waals surface area contributed by atoms with Gasteiger partial charge < -0.3 is 10.3 Å². The fraction of sp³-hybridized carbons (Fsp3) is 0.238. The van der Waals surface area contributed by atoms with Crippen molar-refractivity contribution in [2.75, 3.05) is 18.4 Å². The van der Waals surface area contributed by atoms with E-state index in [0.717, 1.165) is 0 Å². The van der Waals surface area contributed by atoms with E-state index in [2.05, 4.69) is 10.3 Å². The van der Waals surface area contributed by atoms with Crippen molar-refractivity contribution in [2.24, 2.45) is 5.92 Å². The van der Waals surface area contributed by atoms with E-state index in [-0.39, 0.29) is 22.9 Å². The lowest BCUT2D eigenvalue weighted by Gasteiger charge is -2.31. The molecule has 2 heterocycles. The lowest BCUT2D eigenvalue weighted by molar-refractivity contribution is -0.120. The van der Waals surface area contributed by atoms with Gasteiger partial charge in [0.25, 0.3) is 0 Å². The lowest BCUT2D eigenvalue weighted by atomic mass is 9.99. The Morgan fingerprint density at radius 1 is 1.13 bits per heavy atom. The molecule has 0 radical (unpaired) electrons. The van der Waals surface area contributed by atoms with Gasteiger partial charge in [0.2, 0.25) is 21.5 Å². The summed E-state index contributed by atoms with van der Waals surface area (Å²) in [7, 11) is -3.77. The zero-order valence-electron chi connectivity index (χ0n) is 16.0. The third kappa shape index (κ3) is 4.26. The third-order valence-corrected chi connectivity index (χ3v) is 7.28. The molecule has 1 fully saturated rings. The number of sulfonamides is 1. The predicted octanol–water partition coefficient (Wildman–Crippen LogP) is 3.22. The number of piperidine rings is 1. The predicted molar refractivity (Wildman–Crippen MR) is 116 cm³/mol. The van der Waals surface area contributed by atoms with E-state index in [1.54, 1.807) is 36.4 Å². The number of halogens is 1. The van der Waals surface area contributed by atoms with Crippen molar-refractivity contribution in [1.82, 2.24) is 9.29 Å². The molecule has 1 aliphatic heterocycles. The first kappa shape index (κ1) is 20.6. The zero-order chi connectivity index (χ0) is 21.3. The molecule has 4 rings (SSSR count). The molecule has 0 saturated carbocycles. The number of pyridine rings is 1. The first-order chi connectivity index (χ1) is 14.3. The van der Waals surface area contributed by atoms with Crippen molar-refractivity contribution in [3.05, 3.63) is 70.0 Å². The van der Waals surface area contributed by atoms with E-state index in [1.165, 1.54) is 22.5 Å². The molecule has 1 unspecified atom stereocenters. The van der Waals surface area contributed by atoms with Gasteiger partial charge in [-0.05, 0) is 60.7 Å². The number of carbonyl (C=O) groups is 1. The lowest BCUT2D eigenvalue weighted by Crippen LogP contribution is -2.43. The van der Waals surface area contributed by atoms with Crippen molar-refractivity contribution < 1.29 is 13.2 Å². The van der Waals surface area contributed by atoms with Crippen molar-refractivity contribution in [3.8, 4) is 0 Å². The van der Waals surface area contributed by atoms with Crippen LogP contribution in [0, 0.1) is 5.92 Å². The van der Waals surface area contributed by atoms with Crippen molar-refractivity contribution in [1.29, 1.82) is 0 Å². The Hall–Kier alpha value is -2.68. The number of carbonyl (C=O) groups excluding carboxylic acids is 1. The van der Waals surface area contributed by atoms with Crippen LogP contribution in [0.1, 0.15) is 12.8 Å². The largest absolute Gasteiger partial charge is 0.326 e. The molecule has 2 aromatic carbocycles. The number of anilines is 1. The fourth-order valence-corrected chi connectivity index (χ4v) is 5.38. The van der Waals surface area contributed by atoms with Crippen LogP contribution in [0.3, 0.4) is 0 Å².